The number of aromatic amines is 1. The predicted octanol–water partition coefficient (Wildman–Crippen LogP) is 4.52. The van der Waals surface area contributed by atoms with Crippen molar-refractivity contribution in [1.82, 2.24) is 15.0 Å². The number of H-pyrrole nitrogens is 1. The van der Waals surface area contributed by atoms with Gasteiger partial charge in [0.2, 0.25) is 0 Å². The molecule has 1 aliphatic carbocycles. The van der Waals surface area contributed by atoms with Gasteiger partial charge < -0.3 is 4.98 Å². The highest BCUT2D eigenvalue weighted by molar-refractivity contribution is 8.00. The summed E-state index contributed by atoms with van der Waals surface area (Å²) >= 11 is 1.53. The fraction of sp³-hybridized carbons (Fsp3) is 0.0952. The summed E-state index contributed by atoms with van der Waals surface area (Å²) in [5.74, 6) is 0.969. The summed E-state index contributed by atoms with van der Waals surface area (Å²) in [4.78, 5) is 25.3. The first-order valence-corrected chi connectivity index (χ1v) is 9.36. The van der Waals surface area contributed by atoms with Crippen LogP contribution in [-0.2, 0) is 6.42 Å². The van der Waals surface area contributed by atoms with Crippen LogP contribution in [0, 0.1) is 0 Å². The van der Waals surface area contributed by atoms with Crippen LogP contribution in [0.25, 0.3) is 22.4 Å². The Morgan fingerprint density at radius 3 is 2.65 bits per heavy atom. The highest BCUT2D eigenvalue weighted by atomic mass is 32.2. The van der Waals surface area contributed by atoms with Crippen LogP contribution >= 0.6 is 11.8 Å². The van der Waals surface area contributed by atoms with Gasteiger partial charge in [-0.05, 0) is 36.2 Å². The largest absolute Gasteiger partial charge is 0.338 e. The third-order valence-corrected chi connectivity index (χ3v) is 5.86. The molecule has 5 rings (SSSR count). The van der Waals surface area contributed by atoms with Crippen LogP contribution < -0.4 is 0 Å². The molecule has 0 saturated carbocycles. The second kappa shape index (κ2) is 6.11. The van der Waals surface area contributed by atoms with Crippen LogP contribution in [0.15, 0.2) is 71.9 Å². The van der Waals surface area contributed by atoms with Gasteiger partial charge in [-0.1, -0.05) is 48.2 Å². The summed E-state index contributed by atoms with van der Waals surface area (Å²) in [7, 11) is 0. The van der Waals surface area contributed by atoms with Crippen molar-refractivity contribution in [3.63, 3.8) is 0 Å². The van der Waals surface area contributed by atoms with Crippen molar-refractivity contribution in [2.24, 2.45) is 0 Å². The molecule has 2 heterocycles. The number of carbonyl (C=O) groups is 1. The van der Waals surface area contributed by atoms with E-state index in [1.54, 1.807) is 6.20 Å². The van der Waals surface area contributed by atoms with E-state index >= 15 is 0 Å². The molecular formula is C21H15N3OS. The fourth-order valence-electron chi connectivity index (χ4n) is 3.38. The van der Waals surface area contributed by atoms with Crippen molar-refractivity contribution in [3.8, 4) is 11.4 Å². The Morgan fingerprint density at radius 1 is 0.962 bits per heavy atom. The zero-order chi connectivity index (χ0) is 17.5. The number of para-hydroxylation sites is 2. The topological polar surface area (TPSA) is 58.6 Å². The first kappa shape index (κ1) is 15.3. The minimum absolute atomic E-state index is 0.134. The van der Waals surface area contributed by atoms with Crippen molar-refractivity contribution in [1.29, 1.82) is 0 Å². The number of Topliss-reactive ketones (excluding diaryl/α,β-unsaturated/α-hetero) is 1. The molecular weight excluding hydrogens is 342 g/mol. The molecule has 0 amide bonds. The molecule has 2 aromatic carbocycles. The number of nitrogens with one attached hydrogen (secondary N) is 1. The van der Waals surface area contributed by atoms with Gasteiger partial charge in [0.05, 0.1) is 16.3 Å². The van der Waals surface area contributed by atoms with Gasteiger partial charge in [-0.2, -0.15) is 0 Å². The Bertz CT molecular complexity index is 1100. The molecule has 0 saturated heterocycles. The predicted molar refractivity (Wildman–Crippen MR) is 103 cm³/mol. The summed E-state index contributed by atoms with van der Waals surface area (Å²) in [6.07, 6.45) is 2.51. The molecule has 4 aromatic rings. The van der Waals surface area contributed by atoms with Crippen LogP contribution in [0.3, 0.4) is 0 Å². The summed E-state index contributed by atoms with van der Waals surface area (Å²) in [5.41, 5.74) is 4.80. The number of carbonyl (C=O) groups excluding carboxylic acids is 1. The van der Waals surface area contributed by atoms with Gasteiger partial charge in [-0.3, -0.25) is 4.79 Å². The minimum atomic E-state index is -0.134. The molecule has 1 N–H and O–H groups in total. The average Bonchev–Trinajstić information content (AvgIpc) is 3.24. The van der Waals surface area contributed by atoms with E-state index in [0.29, 0.717) is 0 Å². The number of rotatable bonds is 3. The van der Waals surface area contributed by atoms with Crippen LogP contribution in [0.1, 0.15) is 15.9 Å². The van der Waals surface area contributed by atoms with E-state index in [9.17, 15) is 4.79 Å². The highest BCUT2D eigenvalue weighted by Gasteiger charge is 2.32. The maximum Gasteiger partial charge on any atom is 0.176 e. The standard InChI is InChI=1S/C21H15N3OS/c25-19-14-7-2-1-6-13(14)12-18(19)26-21-15(8-5-11-22-21)20-23-16-9-3-4-10-17(16)24-20/h1-11,18H,12H2,(H,23,24)/t18-/m1/s1. The molecule has 5 heteroatoms. The lowest BCUT2D eigenvalue weighted by molar-refractivity contribution is 0.1000. The Morgan fingerprint density at radius 2 is 1.77 bits per heavy atom. The van der Waals surface area contributed by atoms with Crippen LogP contribution in [0.4, 0.5) is 0 Å². The molecule has 0 aliphatic heterocycles. The van der Waals surface area contributed by atoms with E-state index in [-0.39, 0.29) is 11.0 Å². The van der Waals surface area contributed by atoms with Gasteiger partial charge in [0.25, 0.3) is 0 Å². The first-order valence-electron chi connectivity index (χ1n) is 8.48. The van der Waals surface area contributed by atoms with Crippen molar-refractivity contribution in [3.05, 3.63) is 78.0 Å². The molecule has 2 aromatic heterocycles. The van der Waals surface area contributed by atoms with Crippen molar-refractivity contribution in [2.75, 3.05) is 0 Å². The fourth-order valence-corrected chi connectivity index (χ4v) is 4.56. The Balaban J connectivity index is 1.51. The molecule has 0 radical (unpaired) electrons. The van der Waals surface area contributed by atoms with E-state index in [1.165, 1.54) is 11.8 Å². The zero-order valence-electron chi connectivity index (χ0n) is 13.8. The smallest absolute Gasteiger partial charge is 0.176 e. The van der Waals surface area contributed by atoms with Crippen molar-refractivity contribution >= 4 is 28.6 Å². The number of thioether (sulfide) groups is 1. The lowest BCUT2D eigenvalue weighted by atomic mass is 10.1. The number of pyridine rings is 1. The van der Waals surface area contributed by atoms with E-state index in [4.69, 9.17) is 0 Å². The Kier molecular flexibility index (Phi) is 3.60. The van der Waals surface area contributed by atoms with E-state index in [2.05, 4.69) is 15.0 Å². The molecule has 0 spiro atoms. The number of fused-ring (bicyclic) bond motifs is 2. The first-order chi connectivity index (χ1) is 12.8. The van der Waals surface area contributed by atoms with Crippen LogP contribution in [-0.4, -0.2) is 26.0 Å². The van der Waals surface area contributed by atoms with Crippen molar-refractivity contribution in [2.45, 2.75) is 16.7 Å². The molecule has 0 bridgehead atoms. The Labute approximate surface area is 154 Å². The molecule has 0 unspecified atom stereocenters. The number of hydrogen-bond donors (Lipinski definition) is 1. The summed E-state index contributed by atoms with van der Waals surface area (Å²) in [6, 6.07) is 19.7. The third kappa shape index (κ3) is 2.52. The molecule has 26 heavy (non-hydrogen) atoms. The SMILES string of the molecule is O=C1c2ccccc2C[C@H]1Sc1ncccc1-c1nc2ccccc2[nH]1. The summed E-state index contributed by atoms with van der Waals surface area (Å²) in [6.45, 7) is 0. The maximum absolute atomic E-state index is 12.7. The van der Waals surface area contributed by atoms with Gasteiger partial charge in [0, 0.05) is 17.3 Å². The number of benzene rings is 2. The van der Waals surface area contributed by atoms with E-state index in [1.807, 2.05) is 60.7 Å². The second-order valence-corrected chi connectivity index (χ2v) is 7.48. The lowest BCUT2D eigenvalue weighted by Crippen LogP contribution is -2.11. The minimum Gasteiger partial charge on any atom is -0.338 e. The monoisotopic (exact) mass is 357 g/mol. The van der Waals surface area contributed by atoms with Gasteiger partial charge in [-0.25, -0.2) is 9.97 Å². The molecule has 0 fully saturated rings. The number of hydrogen-bond acceptors (Lipinski definition) is 4. The van der Waals surface area contributed by atoms with Crippen LogP contribution in [0.5, 0.6) is 0 Å². The number of ketones is 1. The summed E-state index contributed by atoms with van der Waals surface area (Å²) in [5, 5.41) is 0.697. The number of imidazole rings is 1. The van der Waals surface area contributed by atoms with Gasteiger partial charge in [-0.15, -0.1) is 0 Å². The van der Waals surface area contributed by atoms with Crippen molar-refractivity contribution < 1.29 is 4.79 Å². The zero-order valence-corrected chi connectivity index (χ0v) is 14.7. The van der Waals surface area contributed by atoms with Crippen LogP contribution in [0.2, 0.25) is 0 Å². The molecule has 1 atom stereocenters. The lowest BCUT2D eigenvalue weighted by Gasteiger charge is -2.10. The quantitative estimate of drug-likeness (QED) is 0.585. The molecule has 1 aliphatic rings. The normalized spacial score (nSPS) is 16.2. The van der Waals surface area contributed by atoms with E-state index < -0.39 is 0 Å². The maximum atomic E-state index is 12.7. The average molecular weight is 357 g/mol. The van der Waals surface area contributed by atoms with Gasteiger partial charge in [0.15, 0.2) is 5.78 Å². The highest BCUT2D eigenvalue weighted by Crippen LogP contribution is 2.37. The Hall–Kier alpha value is -2.92. The number of aromatic nitrogens is 3. The van der Waals surface area contributed by atoms with Gasteiger partial charge >= 0.3 is 0 Å². The van der Waals surface area contributed by atoms with Gasteiger partial charge in [0.1, 0.15) is 10.9 Å². The third-order valence-electron chi connectivity index (χ3n) is 4.65. The number of nitrogens with zero attached hydrogens (tertiary/aromatic N) is 2. The summed E-state index contributed by atoms with van der Waals surface area (Å²) < 4.78 is 0. The molecule has 126 valence electrons. The van der Waals surface area contributed by atoms with E-state index in [0.717, 1.165) is 45.0 Å². The molecule has 4 nitrogen and oxygen atoms in total. The second-order valence-electron chi connectivity index (χ2n) is 6.29.